The molecule has 116 valence electrons. The van der Waals surface area contributed by atoms with Gasteiger partial charge < -0.3 is 14.6 Å². The quantitative estimate of drug-likeness (QED) is 0.925. The van der Waals surface area contributed by atoms with E-state index >= 15 is 0 Å². The lowest BCUT2D eigenvalue weighted by Crippen LogP contribution is -2.55. The highest BCUT2D eigenvalue weighted by molar-refractivity contribution is 5.32. The molecule has 0 aromatic heterocycles. The van der Waals surface area contributed by atoms with Crippen molar-refractivity contribution in [3.63, 3.8) is 0 Å². The molecule has 1 aliphatic carbocycles. The normalized spacial score (nSPS) is 23.9. The molecule has 1 aromatic carbocycles. The molecule has 4 nitrogen and oxygen atoms in total. The first-order chi connectivity index (χ1) is 10.3. The van der Waals surface area contributed by atoms with Gasteiger partial charge in [-0.25, -0.2) is 0 Å². The Bertz CT molecular complexity index is 465. The summed E-state index contributed by atoms with van der Waals surface area (Å²) in [4.78, 5) is 2.45. The summed E-state index contributed by atoms with van der Waals surface area (Å²) < 4.78 is 10.8. The zero-order valence-electron chi connectivity index (χ0n) is 12.8. The molecule has 1 saturated carbocycles. The highest BCUT2D eigenvalue weighted by Crippen LogP contribution is 2.45. The van der Waals surface area contributed by atoms with Crippen LogP contribution in [0.1, 0.15) is 37.4 Å². The SMILES string of the molecule is COc1cccc(C(O)C2(N3CCOCC3)CCCC2)c1. The van der Waals surface area contributed by atoms with E-state index in [2.05, 4.69) is 4.90 Å². The predicted octanol–water partition coefficient (Wildman–Crippen LogP) is 2.37. The molecule has 0 radical (unpaired) electrons. The Morgan fingerprint density at radius 3 is 2.62 bits per heavy atom. The fourth-order valence-electron chi connectivity index (χ4n) is 3.88. The summed E-state index contributed by atoms with van der Waals surface area (Å²) in [5.41, 5.74) is 0.832. The van der Waals surface area contributed by atoms with E-state index in [1.165, 1.54) is 12.8 Å². The monoisotopic (exact) mass is 291 g/mol. The number of benzene rings is 1. The van der Waals surface area contributed by atoms with Crippen LogP contribution in [0.25, 0.3) is 0 Å². The van der Waals surface area contributed by atoms with Crippen molar-refractivity contribution in [3.8, 4) is 5.75 Å². The lowest BCUT2D eigenvalue weighted by Gasteiger charge is -2.46. The number of nitrogens with zero attached hydrogens (tertiary/aromatic N) is 1. The number of morpholine rings is 1. The number of aliphatic hydroxyl groups is 1. The van der Waals surface area contributed by atoms with Crippen LogP contribution >= 0.6 is 0 Å². The van der Waals surface area contributed by atoms with Gasteiger partial charge in [0, 0.05) is 13.1 Å². The van der Waals surface area contributed by atoms with Crippen LogP contribution in [0.15, 0.2) is 24.3 Å². The number of hydrogen-bond donors (Lipinski definition) is 1. The minimum absolute atomic E-state index is 0.129. The van der Waals surface area contributed by atoms with Gasteiger partial charge in [-0.15, -0.1) is 0 Å². The highest BCUT2D eigenvalue weighted by Gasteiger charge is 2.46. The molecule has 0 spiro atoms. The van der Waals surface area contributed by atoms with Gasteiger partial charge in [-0.1, -0.05) is 25.0 Å². The van der Waals surface area contributed by atoms with Gasteiger partial charge in [0.2, 0.25) is 0 Å². The molecule has 1 saturated heterocycles. The molecule has 1 N–H and O–H groups in total. The summed E-state index contributed by atoms with van der Waals surface area (Å²) >= 11 is 0. The van der Waals surface area contributed by atoms with Crippen LogP contribution in [-0.4, -0.2) is 49.0 Å². The maximum atomic E-state index is 11.1. The number of ether oxygens (including phenoxy) is 2. The molecule has 1 unspecified atom stereocenters. The minimum Gasteiger partial charge on any atom is -0.497 e. The van der Waals surface area contributed by atoms with Crippen molar-refractivity contribution in [1.29, 1.82) is 0 Å². The fourth-order valence-corrected chi connectivity index (χ4v) is 3.88. The maximum Gasteiger partial charge on any atom is 0.119 e. The summed E-state index contributed by atoms with van der Waals surface area (Å²) in [6, 6.07) is 7.85. The van der Waals surface area contributed by atoms with Crippen molar-refractivity contribution in [1.82, 2.24) is 4.90 Å². The standard InChI is InChI=1S/C17H25NO3/c1-20-15-6-4-5-14(13-15)16(19)17(7-2-3-8-17)18-9-11-21-12-10-18/h4-6,13,16,19H,2-3,7-12H2,1H3. The molecule has 1 aromatic rings. The smallest absolute Gasteiger partial charge is 0.119 e. The van der Waals surface area contributed by atoms with E-state index in [1.54, 1.807) is 7.11 Å². The molecule has 21 heavy (non-hydrogen) atoms. The van der Waals surface area contributed by atoms with Crippen molar-refractivity contribution >= 4 is 0 Å². The van der Waals surface area contributed by atoms with E-state index in [4.69, 9.17) is 9.47 Å². The average molecular weight is 291 g/mol. The molecular formula is C17H25NO3. The largest absolute Gasteiger partial charge is 0.497 e. The van der Waals surface area contributed by atoms with Crippen LogP contribution in [0, 0.1) is 0 Å². The number of aliphatic hydroxyl groups excluding tert-OH is 1. The van der Waals surface area contributed by atoms with E-state index in [-0.39, 0.29) is 5.54 Å². The third-order valence-corrected chi connectivity index (χ3v) is 5.03. The second kappa shape index (κ2) is 6.34. The molecule has 0 bridgehead atoms. The van der Waals surface area contributed by atoms with Crippen LogP contribution in [0.4, 0.5) is 0 Å². The van der Waals surface area contributed by atoms with Gasteiger partial charge in [0.15, 0.2) is 0 Å². The molecule has 2 fully saturated rings. The zero-order valence-corrected chi connectivity index (χ0v) is 12.8. The maximum absolute atomic E-state index is 11.1. The summed E-state index contributed by atoms with van der Waals surface area (Å²) in [6.45, 7) is 3.38. The summed E-state index contributed by atoms with van der Waals surface area (Å²) in [5, 5.41) is 11.1. The Labute approximate surface area is 126 Å². The van der Waals surface area contributed by atoms with E-state index < -0.39 is 6.10 Å². The second-order valence-corrected chi connectivity index (χ2v) is 6.09. The van der Waals surface area contributed by atoms with Gasteiger partial charge in [-0.3, -0.25) is 4.90 Å². The Morgan fingerprint density at radius 2 is 1.95 bits per heavy atom. The molecule has 1 aliphatic heterocycles. The molecule has 3 rings (SSSR count). The number of hydrogen-bond acceptors (Lipinski definition) is 4. The number of rotatable bonds is 4. The summed E-state index contributed by atoms with van der Waals surface area (Å²) in [5.74, 6) is 0.807. The topological polar surface area (TPSA) is 41.9 Å². The van der Waals surface area contributed by atoms with E-state index in [1.807, 2.05) is 24.3 Å². The molecule has 4 heteroatoms. The second-order valence-electron chi connectivity index (χ2n) is 6.09. The van der Waals surface area contributed by atoms with Gasteiger partial charge in [0.1, 0.15) is 5.75 Å². The molecule has 1 heterocycles. The molecule has 0 amide bonds. The van der Waals surface area contributed by atoms with Crippen LogP contribution in [0.2, 0.25) is 0 Å². The van der Waals surface area contributed by atoms with Crippen molar-refractivity contribution in [2.24, 2.45) is 0 Å². The Kier molecular flexibility index (Phi) is 4.48. The lowest BCUT2D eigenvalue weighted by atomic mass is 9.83. The first kappa shape index (κ1) is 14.8. The van der Waals surface area contributed by atoms with Crippen molar-refractivity contribution in [2.45, 2.75) is 37.3 Å². The third-order valence-electron chi connectivity index (χ3n) is 5.03. The Balaban J connectivity index is 1.88. The predicted molar refractivity (Wildman–Crippen MR) is 81.5 cm³/mol. The number of methoxy groups -OCH3 is 1. The summed E-state index contributed by atoms with van der Waals surface area (Å²) in [6.07, 6.45) is 4.04. The van der Waals surface area contributed by atoms with Gasteiger partial charge >= 0.3 is 0 Å². The fraction of sp³-hybridized carbons (Fsp3) is 0.647. The first-order valence-electron chi connectivity index (χ1n) is 7.91. The zero-order chi connectivity index (χ0) is 14.7. The minimum atomic E-state index is -0.465. The van der Waals surface area contributed by atoms with Crippen molar-refractivity contribution in [3.05, 3.63) is 29.8 Å². The Morgan fingerprint density at radius 1 is 1.24 bits per heavy atom. The van der Waals surface area contributed by atoms with E-state index in [0.29, 0.717) is 0 Å². The van der Waals surface area contributed by atoms with Crippen LogP contribution in [-0.2, 0) is 4.74 Å². The van der Waals surface area contributed by atoms with Gasteiger partial charge in [-0.2, -0.15) is 0 Å². The van der Waals surface area contributed by atoms with Crippen LogP contribution in [0.5, 0.6) is 5.75 Å². The first-order valence-corrected chi connectivity index (χ1v) is 7.91. The third kappa shape index (κ3) is 2.80. The average Bonchev–Trinajstić information content (AvgIpc) is 3.06. The van der Waals surface area contributed by atoms with E-state index in [0.717, 1.165) is 50.5 Å². The van der Waals surface area contributed by atoms with Crippen LogP contribution < -0.4 is 4.74 Å². The molecule has 1 atom stereocenters. The molecule has 2 aliphatic rings. The van der Waals surface area contributed by atoms with Gasteiger partial charge in [-0.05, 0) is 30.5 Å². The summed E-state index contributed by atoms with van der Waals surface area (Å²) in [7, 11) is 1.67. The van der Waals surface area contributed by atoms with Crippen molar-refractivity contribution < 1.29 is 14.6 Å². The van der Waals surface area contributed by atoms with E-state index in [9.17, 15) is 5.11 Å². The molecular weight excluding hydrogens is 266 g/mol. The van der Waals surface area contributed by atoms with Gasteiger partial charge in [0.25, 0.3) is 0 Å². The van der Waals surface area contributed by atoms with Gasteiger partial charge in [0.05, 0.1) is 32.0 Å². The lowest BCUT2D eigenvalue weighted by molar-refractivity contribution is -0.0774. The van der Waals surface area contributed by atoms with Crippen LogP contribution in [0.3, 0.4) is 0 Å². The highest BCUT2D eigenvalue weighted by atomic mass is 16.5. The Hall–Kier alpha value is -1.10. The van der Waals surface area contributed by atoms with Crippen molar-refractivity contribution in [2.75, 3.05) is 33.4 Å².